The number of hydrogen-bond acceptors (Lipinski definition) is 3. The summed E-state index contributed by atoms with van der Waals surface area (Å²) in [4.78, 5) is 2.36. The molecule has 0 amide bonds. The average Bonchev–Trinajstić information content (AvgIpc) is 3.16. The lowest BCUT2D eigenvalue weighted by atomic mass is 9.96. The molecule has 1 saturated carbocycles. The highest BCUT2D eigenvalue weighted by Gasteiger charge is 2.50. The summed E-state index contributed by atoms with van der Waals surface area (Å²) >= 11 is 0. The summed E-state index contributed by atoms with van der Waals surface area (Å²) in [7, 11) is 0. The molecule has 0 aromatic heterocycles. The number of anilines is 3. The molecule has 1 atom stereocenters. The molecule has 2 aromatic rings. The smallest absolute Gasteiger partial charge is 0.139 e. The lowest BCUT2D eigenvalue weighted by Gasteiger charge is -2.39. The molecular weight excluding hydrogens is 301 g/mol. The van der Waals surface area contributed by atoms with Crippen LogP contribution in [0.3, 0.4) is 0 Å². The Bertz CT molecular complexity index is 869. The van der Waals surface area contributed by atoms with E-state index in [0.717, 1.165) is 30.6 Å². The first-order chi connectivity index (χ1) is 11.8. The van der Waals surface area contributed by atoms with E-state index in [2.05, 4.69) is 52.1 Å². The van der Waals surface area contributed by atoms with Gasteiger partial charge in [-0.05, 0) is 67.3 Å². The van der Waals surface area contributed by atoms with Crippen molar-refractivity contribution in [2.75, 3.05) is 15.5 Å². The van der Waals surface area contributed by atoms with Gasteiger partial charge in [0.15, 0.2) is 0 Å². The monoisotopic (exact) mass is 319 g/mol. The maximum Gasteiger partial charge on any atom is 0.139 e. The first-order valence-electron chi connectivity index (χ1n) is 8.37. The van der Waals surface area contributed by atoms with Crippen molar-refractivity contribution in [1.82, 2.24) is 0 Å². The third-order valence-electron chi connectivity index (χ3n) is 5.22. The SMILES string of the molecule is Fc1ccc(NC2=C3CCCC34Nc3ccccc3N4C=C2)cc1. The van der Waals surface area contributed by atoms with Crippen molar-refractivity contribution in [2.24, 2.45) is 0 Å². The normalized spacial score (nSPS) is 23.6. The Morgan fingerprint density at radius 1 is 1.08 bits per heavy atom. The molecule has 0 saturated heterocycles. The number of para-hydroxylation sites is 2. The Morgan fingerprint density at radius 3 is 2.79 bits per heavy atom. The maximum atomic E-state index is 13.1. The van der Waals surface area contributed by atoms with Gasteiger partial charge in [0.1, 0.15) is 11.5 Å². The summed E-state index contributed by atoms with van der Waals surface area (Å²) in [5.74, 6) is -0.214. The highest BCUT2D eigenvalue weighted by molar-refractivity contribution is 5.83. The van der Waals surface area contributed by atoms with Crippen molar-refractivity contribution in [2.45, 2.75) is 24.9 Å². The largest absolute Gasteiger partial charge is 0.357 e. The Labute approximate surface area is 140 Å². The van der Waals surface area contributed by atoms with Crippen LogP contribution in [0.4, 0.5) is 21.5 Å². The molecule has 2 aromatic carbocycles. The van der Waals surface area contributed by atoms with Crippen LogP contribution in [0.2, 0.25) is 0 Å². The van der Waals surface area contributed by atoms with E-state index in [1.54, 1.807) is 12.1 Å². The molecular formula is C20H18FN3. The average molecular weight is 319 g/mol. The van der Waals surface area contributed by atoms with Crippen LogP contribution < -0.4 is 15.5 Å². The van der Waals surface area contributed by atoms with Crippen molar-refractivity contribution in [3.8, 4) is 0 Å². The van der Waals surface area contributed by atoms with Gasteiger partial charge in [-0.15, -0.1) is 0 Å². The maximum absolute atomic E-state index is 13.1. The third-order valence-corrected chi connectivity index (χ3v) is 5.22. The molecule has 1 unspecified atom stereocenters. The van der Waals surface area contributed by atoms with Crippen LogP contribution in [0.25, 0.3) is 0 Å². The molecule has 0 bridgehead atoms. The minimum absolute atomic E-state index is 0.152. The fraction of sp³-hybridized carbons (Fsp3) is 0.200. The van der Waals surface area contributed by atoms with Gasteiger partial charge in [-0.2, -0.15) is 0 Å². The number of benzene rings is 2. The molecule has 4 heteroatoms. The molecule has 3 nitrogen and oxygen atoms in total. The molecule has 1 aliphatic carbocycles. The van der Waals surface area contributed by atoms with E-state index in [4.69, 9.17) is 0 Å². The number of fused-ring (bicyclic) bond motifs is 2. The lowest BCUT2D eigenvalue weighted by molar-refractivity contribution is 0.572. The second-order valence-electron chi connectivity index (χ2n) is 6.57. The summed E-state index contributed by atoms with van der Waals surface area (Å²) in [5.41, 5.74) is 5.68. The van der Waals surface area contributed by atoms with E-state index in [1.165, 1.54) is 29.1 Å². The summed E-state index contributed by atoms with van der Waals surface area (Å²) in [6.07, 6.45) is 7.58. The molecule has 2 aliphatic heterocycles. The van der Waals surface area contributed by atoms with Crippen molar-refractivity contribution in [1.29, 1.82) is 0 Å². The number of nitrogens with one attached hydrogen (secondary N) is 2. The van der Waals surface area contributed by atoms with Crippen LogP contribution in [0, 0.1) is 5.82 Å². The second-order valence-corrected chi connectivity index (χ2v) is 6.57. The molecule has 2 N–H and O–H groups in total. The number of rotatable bonds is 2. The minimum Gasteiger partial charge on any atom is -0.357 e. The number of halogens is 1. The molecule has 0 radical (unpaired) electrons. The quantitative estimate of drug-likeness (QED) is 0.830. The minimum atomic E-state index is -0.214. The molecule has 24 heavy (non-hydrogen) atoms. The van der Waals surface area contributed by atoms with E-state index >= 15 is 0 Å². The first-order valence-corrected chi connectivity index (χ1v) is 8.37. The van der Waals surface area contributed by atoms with Gasteiger partial charge in [-0.3, -0.25) is 0 Å². The predicted molar refractivity (Wildman–Crippen MR) is 95.3 cm³/mol. The molecule has 5 rings (SSSR count). The zero-order valence-corrected chi connectivity index (χ0v) is 13.2. The van der Waals surface area contributed by atoms with Gasteiger partial charge in [-0.1, -0.05) is 12.1 Å². The molecule has 3 aliphatic rings. The van der Waals surface area contributed by atoms with Gasteiger partial charge in [0.05, 0.1) is 11.4 Å². The molecule has 120 valence electrons. The Balaban J connectivity index is 1.56. The van der Waals surface area contributed by atoms with Crippen molar-refractivity contribution < 1.29 is 4.39 Å². The van der Waals surface area contributed by atoms with E-state index in [-0.39, 0.29) is 11.5 Å². The molecule has 2 heterocycles. The first kappa shape index (κ1) is 13.7. The highest BCUT2D eigenvalue weighted by Crippen LogP contribution is 2.52. The van der Waals surface area contributed by atoms with E-state index in [1.807, 2.05) is 0 Å². The topological polar surface area (TPSA) is 27.3 Å². The Hall–Kier alpha value is -2.75. The van der Waals surface area contributed by atoms with Crippen LogP contribution in [-0.2, 0) is 0 Å². The fourth-order valence-corrected chi connectivity index (χ4v) is 4.18. The van der Waals surface area contributed by atoms with Crippen molar-refractivity contribution in [3.05, 3.63) is 77.9 Å². The van der Waals surface area contributed by atoms with Crippen LogP contribution >= 0.6 is 0 Å². The standard InChI is InChI=1S/C20H18FN3/c21-14-7-9-15(10-8-14)22-17-11-13-24-19-6-2-1-5-18(19)23-20(24)12-3-4-16(17)20/h1-2,5-11,13,22-23H,3-4,12H2. The van der Waals surface area contributed by atoms with Gasteiger partial charge < -0.3 is 15.5 Å². The van der Waals surface area contributed by atoms with Gasteiger partial charge in [0.2, 0.25) is 0 Å². The number of allylic oxidation sites excluding steroid dienone is 1. The van der Waals surface area contributed by atoms with E-state index in [0.29, 0.717) is 0 Å². The Morgan fingerprint density at radius 2 is 1.92 bits per heavy atom. The van der Waals surface area contributed by atoms with Gasteiger partial charge >= 0.3 is 0 Å². The summed E-state index contributed by atoms with van der Waals surface area (Å²) in [6.45, 7) is 0. The summed E-state index contributed by atoms with van der Waals surface area (Å²) in [5, 5.41) is 7.23. The van der Waals surface area contributed by atoms with Crippen LogP contribution in [0.5, 0.6) is 0 Å². The van der Waals surface area contributed by atoms with Crippen LogP contribution in [0.1, 0.15) is 19.3 Å². The molecule has 1 spiro atoms. The molecule has 1 fully saturated rings. The van der Waals surface area contributed by atoms with E-state index in [9.17, 15) is 4.39 Å². The van der Waals surface area contributed by atoms with Gasteiger partial charge in [0, 0.05) is 17.6 Å². The fourth-order valence-electron chi connectivity index (χ4n) is 4.18. The van der Waals surface area contributed by atoms with Crippen molar-refractivity contribution >= 4 is 17.1 Å². The predicted octanol–water partition coefficient (Wildman–Crippen LogP) is 4.83. The highest BCUT2D eigenvalue weighted by atomic mass is 19.1. The van der Waals surface area contributed by atoms with Crippen LogP contribution in [0.15, 0.2) is 72.1 Å². The van der Waals surface area contributed by atoms with Gasteiger partial charge in [0.25, 0.3) is 0 Å². The number of nitrogens with zero attached hydrogens (tertiary/aromatic N) is 1. The summed E-state index contributed by atoms with van der Waals surface area (Å²) in [6, 6.07) is 15.0. The third kappa shape index (κ3) is 1.83. The second kappa shape index (κ2) is 4.87. The lowest BCUT2D eigenvalue weighted by Crippen LogP contribution is -2.49. The summed E-state index contributed by atoms with van der Waals surface area (Å²) < 4.78 is 13.1. The number of hydrogen-bond donors (Lipinski definition) is 2. The Kier molecular flexibility index (Phi) is 2.77. The zero-order chi connectivity index (χ0) is 16.1. The zero-order valence-electron chi connectivity index (χ0n) is 13.2. The van der Waals surface area contributed by atoms with Crippen molar-refractivity contribution in [3.63, 3.8) is 0 Å². The van der Waals surface area contributed by atoms with E-state index < -0.39 is 0 Å². The van der Waals surface area contributed by atoms with Crippen LogP contribution in [-0.4, -0.2) is 5.66 Å². The van der Waals surface area contributed by atoms with Gasteiger partial charge in [-0.25, -0.2) is 4.39 Å².